The summed E-state index contributed by atoms with van der Waals surface area (Å²) in [7, 11) is 1.44. The van der Waals surface area contributed by atoms with Crippen molar-refractivity contribution in [3.63, 3.8) is 0 Å². The highest BCUT2D eigenvalue weighted by Gasteiger charge is 2.23. The first-order valence-electron chi connectivity index (χ1n) is 6.75. The van der Waals surface area contributed by atoms with Crippen LogP contribution in [-0.2, 0) is 7.05 Å². The van der Waals surface area contributed by atoms with E-state index in [0.717, 1.165) is 11.3 Å². The van der Waals surface area contributed by atoms with Gasteiger partial charge in [-0.15, -0.1) is 11.3 Å². The summed E-state index contributed by atoms with van der Waals surface area (Å²) < 4.78 is 16.2. The monoisotopic (exact) mass is 459 g/mol. The van der Waals surface area contributed by atoms with Crippen molar-refractivity contribution < 1.29 is 14.3 Å². The smallest absolute Gasteiger partial charge is 0.341 e. The van der Waals surface area contributed by atoms with Gasteiger partial charge in [0.2, 0.25) is 0 Å². The molecule has 124 valence electrons. The van der Waals surface area contributed by atoms with Crippen LogP contribution in [-0.4, -0.2) is 20.6 Å². The maximum atomic E-state index is 14.1. The van der Waals surface area contributed by atoms with Crippen molar-refractivity contribution in [1.29, 1.82) is 0 Å². The molecule has 3 rings (SSSR count). The van der Waals surface area contributed by atoms with Gasteiger partial charge < -0.3 is 10.4 Å². The van der Waals surface area contributed by atoms with Crippen LogP contribution in [0.3, 0.4) is 0 Å². The van der Waals surface area contributed by atoms with E-state index in [9.17, 15) is 19.1 Å². The lowest BCUT2D eigenvalue weighted by Crippen LogP contribution is -2.23. The maximum absolute atomic E-state index is 14.1. The van der Waals surface area contributed by atoms with Gasteiger partial charge >= 0.3 is 5.97 Å². The highest BCUT2D eigenvalue weighted by molar-refractivity contribution is 14.1. The lowest BCUT2D eigenvalue weighted by Gasteiger charge is -2.15. The van der Waals surface area contributed by atoms with Crippen molar-refractivity contribution in [2.24, 2.45) is 7.05 Å². The molecule has 24 heavy (non-hydrogen) atoms. The van der Waals surface area contributed by atoms with Crippen LogP contribution >= 0.6 is 33.9 Å². The number of rotatable bonds is 3. The van der Waals surface area contributed by atoms with Crippen molar-refractivity contribution in [2.45, 2.75) is 6.92 Å². The van der Waals surface area contributed by atoms with Crippen molar-refractivity contribution in [1.82, 2.24) is 9.55 Å². The first-order chi connectivity index (χ1) is 11.3. The number of carbonyl (C=O) groups is 1. The Morgan fingerprint density at radius 1 is 1.46 bits per heavy atom. The first-order valence-corrected chi connectivity index (χ1v) is 8.64. The molecule has 0 spiro atoms. The van der Waals surface area contributed by atoms with Gasteiger partial charge in [0.05, 0.1) is 10.7 Å². The van der Waals surface area contributed by atoms with E-state index < -0.39 is 11.8 Å². The molecule has 9 heteroatoms. The molecule has 0 bridgehead atoms. The fraction of sp³-hybridized carbons (Fsp3) is 0.133. The number of fused-ring (bicyclic) bond motifs is 1. The number of hydrogen-bond acceptors (Lipinski definition) is 5. The van der Waals surface area contributed by atoms with Crippen LogP contribution in [0.1, 0.15) is 15.4 Å². The number of pyridine rings is 1. The summed E-state index contributed by atoms with van der Waals surface area (Å²) in [4.78, 5) is 28.4. The highest BCUT2D eigenvalue weighted by Crippen LogP contribution is 2.29. The van der Waals surface area contributed by atoms with Gasteiger partial charge in [-0.3, -0.25) is 9.36 Å². The quantitative estimate of drug-likeness (QED) is 0.586. The number of benzene rings is 1. The van der Waals surface area contributed by atoms with E-state index in [1.54, 1.807) is 13.0 Å². The number of nitrogens with zero attached hydrogens (tertiary/aromatic N) is 2. The molecule has 1 aromatic carbocycles. The zero-order valence-corrected chi connectivity index (χ0v) is 15.5. The van der Waals surface area contributed by atoms with Gasteiger partial charge in [0.1, 0.15) is 27.4 Å². The van der Waals surface area contributed by atoms with E-state index in [0.29, 0.717) is 8.58 Å². The van der Waals surface area contributed by atoms with Gasteiger partial charge in [0.25, 0.3) is 5.56 Å². The standard InChI is InChI=1S/C15H11FIN3O3S/c1-6-18-11-10(15(22)23)13(20(2)14(21)12(11)24-6)19-9-4-3-7(17)5-8(9)16/h3-5,19H,1-2H3,(H,22,23). The van der Waals surface area contributed by atoms with Gasteiger partial charge in [-0.1, -0.05) is 0 Å². The first kappa shape index (κ1) is 16.8. The van der Waals surface area contributed by atoms with Crippen LogP contribution < -0.4 is 10.9 Å². The summed E-state index contributed by atoms with van der Waals surface area (Å²) in [5.74, 6) is -1.79. The molecule has 0 saturated heterocycles. The van der Waals surface area contributed by atoms with Gasteiger partial charge in [-0.05, 0) is 47.7 Å². The average Bonchev–Trinajstić information content (AvgIpc) is 2.88. The van der Waals surface area contributed by atoms with Crippen LogP contribution in [0.5, 0.6) is 0 Å². The topological polar surface area (TPSA) is 84.2 Å². The fourth-order valence-corrected chi connectivity index (χ4v) is 3.70. The van der Waals surface area contributed by atoms with E-state index in [-0.39, 0.29) is 32.8 Å². The normalized spacial score (nSPS) is 11.0. The average molecular weight is 459 g/mol. The van der Waals surface area contributed by atoms with Crippen molar-refractivity contribution in [3.05, 3.63) is 48.5 Å². The third-order valence-corrected chi connectivity index (χ3v) is 5.07. The summed E-state index contributed by atoms with van der Waals surface area (Å²) in [6, 6.07) is 4.48. The number of nitrogens with one attached hydrogen (secondary N) is 1. The molecule has 0 amide bonds. The molecule has 0 aliphatic heterocycles. The molecule has 0 saturated carbocycles. The Bertz CT molecular complexity index is 1040. The minimum atomic E-state index is -1.24. The Kier molecular flexibility index (Phi) is 4.30. The molecule has 0 aliphatic rings. The molecular formula is C15H11FIN3O3S. The lowest BCUT2D eigenvalue weighted by molar-refractivity contribution is 0.0699. The Morgan fingerprint density at radius 3 is 2.79 bits per heavy atom. The zero-order chi connectivity index (χ0) is 17.6. The molecule has 6 nitrogen and oxygen atoms in total. The molecule has 2 aromatic heterocycles. The molecule has 0 radical (unpaired) electrons. The number of halogens is 2. The van der Waals surface area contributed by atoms with E-state index >= 15 is 0 Å². The number of thiazole rings is 1. The summed E-state index contributed by atoms with van der Waals surface area (Å²) in [6.07, 6.45) is 0. The number of aromatic carboxylic acids is 1. The maximum Gasteiger partial charge on any atom is 0.341 e. The van der Waals surface area contributed by atoms with E-state index in [1.807, 2.05) is 22.6 Å². The van der Waals surface area contributed by atoms with Crippen molar-refractivity contribution in [2.75, 3.05) is 5.32 Å². The largest absolute Gasteiger partial charge is 0.477 e. The fourth-order valence-electron chi connectivity index (χ4n) is 2.34. The van der Waals surface area contributed by atoms with Crippen LogP contribution in [0.25, 0.3) is 10.2 Å². The SMILES string of the molecule is Cc1nc2c(C(=O)O)c(Nc3ccc(I)cc3F)n(C)c(=O)c2s1. The molecule has 0 fully saturated rings. The summed E-state index contributed by atoms with van der Waals surface area (Å²) in [6.45, 7) is 1.70. The second-order valence-electron chi connectivity index (χ2n) is 5.05. The van der Waals surface area contributed by atoms with Gasteiger partial charge in [0.15, 0.2) is 0 Å². The molecule has 3 aromatic rings. The Balaban J connectivity index is 2.30. The summed E-state index contributed by atoms with van der Waals surface area (Å²) >= 11 is 3.10. The summed E-state index contributed by atoms with van der Waals surface area (Å²) in [5.41, 5.74) is -0.343. The predicted octanol–water partition coefficient (Wildman–Crippen LogP) is 3.49. The molecule has 0 unspecified atom stereocenters. The number of aryl methyl sites for hydroxylation is 1. The number of hydrogen-bond donors (Lipinski definition) is 2. The van der Waals surface area contributed by atoms with Crippen LogP contribution in [0.15, 0.2) is 23.0 Å². The molecule has 0 aliphatic carbocycles. The van der Waals surface area contributed by atoms with Gasteiger partial charge in [-0.25, -0.2) is 14.2 Å². The Hall–Kier alpha value is -2.01. The van der Waals surface area contributed by atoms with E-state index in [4.69, 9.17) is 0 Å². The van der Waals surface area contributed by atoms with Crippen molar-refractivity contribution >= 4 is 61.6 Å². The molecule has 2 heterocycles. The molecular weight excluding hydrogens is 448 g/mol. The number of aromatic nitrogens is 2. The van der Waals surface area contributed by atoms with Crippen LogP contribution in [0.4, 0.5) is 15.9 Å². The van der Waals surface area contributed by atoms with Crippen molar-refractivity contribution in [3.8, 4) is 0 Å². The highest BCUT2D eigenvalue weighted by atomic mass is 127. The number of carboxylic acids is 1. The lowest BCUT2D eigenvalue weighted by atomic mass is 10.2. The third kappa shape index (κ3) is 2.77. The van der Waals surface area contributed by atoms with Crippen LogP contribution in [0, 0.1) is 16.3 Å². The van der Waals surface area contributed by atoms with E-state index in [1.165, 1.54) is 23.7 Å². The zero-order valence-electron chi connectivity index (χ0n) is 12.6. The second kappa shape index (κ2) is 6.13. The van der Waals surface area contributed by atoms with Gasteiger partial charge in [-0.2, -0.15) is 0 Å². The number of carboxylic acid groups (broad SMARTS) is 1. The number of anilines is 2. The Labute approximate surface area is 153 Å². The summed E-state index contributed by atoms with van der Waals surface area (Å²) in [5, 5.41) is 12.9. The minimum absolute atomic E-state index is 0.00888. The van der Waals surface area contributed by atoms with Crippen LogP contribution in [0.2, 0.25) is 0 Å². The minimum Gasteiger partial charge on any atom is -0.477 e. The molecule has 2 N–H and O–H groups in total. The predicted molar refractivity (Wildman–Crippen MR) is 99.0 cm³/mol. The molecule has 0 atom stereocenters. The second-order valence-corrected chi connectivity index (χ2v) is 7.50. The van der Waals surface area contributed by atoms with E-state index in [2.05, 4.69) is 10.3 Å². The van der Waals surface area contributed by atoms with Gasteiger partial charge in [0, 0.05) is 10.6 Å². The third-order valence-electron chi connectivity index (χ3n) is 3.44. The Morgan fingerprint density at radius 2 is 2.17 bits per heavy atom.